The van der Waals surface area contributed by atoms with Gasteiger partial charge in [0.15, 0.2) is 0 Å². The highest BCUT2D eigenvalue weighted by atomic mass is 35.5. The molecule has 2 aromatic rings. The predicted octanol–water partition coefficient (Wildman–Crippen LogP) is 2.34. The molecule has 1 heterocycles. The summed E-state index contributed by atoms with van der Waals surface area (Å²) in [5.41, 5.74) is 1.61. The lowest BCUT2D eigenvalue weighted by molar-refractivity contribution is -0.137. The Morgan fingerprint density at radius 2 is 2.33 bits per heavy atom. The van der Waals surface area contributed by atoms with Gasteiger partial charge in [-0.1, -0.05) is 17.5 Å². The number of carboxylic acids is 1. The zero-order valence-corrected chi connectivity index (χ0v) is 10.3. The van der Waals surface area contributed by atoms with Gasteiger partial charge >= 0.3 is 5.97 Å². The highest BCUT2D eigenvalue weighted by Crippen LogP contribution is 2.21. The van der Waals surface area contributed by atoms with Gasteiger partial charge in [-0.3, -0.25) is 4.79 Å². The molecule has 0 saturated carbocycles. The molecule has 0 atom stereocenters. The maximum Gasteiger partial charge on any atom is 0.303 e. The van der Waals surface area contributed by atoms with Gasteiger partial charge in [0.2, 0.25) is 0 Å². The first-order valence-corrected chi connectivity index (χ1v) is 5.79. The van der Waals surface area contributed by atoms with Crippen LogP contribution in [-0.4, -0.2) is 20.6 Å². The van der Waals surface area contributed by atoms with E-state index in [9.17, 15) is 4.79 Å². The Morgan fingerprint density at radius 1 is 1.56 bits per heavy atom. The SMILES string of the molecule is C#CCn1c(CCC(=O)O)nc2cc(Cl)ccc21. The standard InChI is InChI=1S/C13H11ClN2O2/c1-2-7-16-11-4-3-9(14)8-10(11)15-12(16)5-6-13(17)18/h1,3-4,8H,5-7H2,(H,17,18). The molecule has 0 unspecified atom stereocenters. The molecule has 1 aromatic carbocycles. The molecule has 0 bridgehead atoms. The summed E-state index contributed by atoms with van der Waals surface area (Å²) >= 11 is 5.90. The Kier molecular flexibility index (Phi) is 3.54. The topological polar surface area (TPSA) is 55.1 Å². The zero-order chi connectivity index (χ0) is 13.1. The van der Waals surface area contributed by atoms with Gasteiger partial charge in [0, 0.05) is 11.4 Å². The van der Waals surface area contributed by atoms with Crippen LogP contribution in [0, 0.1) is 12.3 Å². The van der Waals surface area contributed by atoms with Crippen molar-refractivity contribution in [3.05, 3.63) is 29.0 Å². The summed E-state index contributed by atoms with van der Waals surface area (Å²) in [7, 11) is 0. The largest absolute Gasteiger partial charge is 0.481 e. The monoisotopic (exact) mass is 262 g/mol. The van der Waals surface area contributed by atoms with Crippen molar-refractivity contribution < 1.29 is 9.90 Å². The first kappa shape index (κ1) is 12.5. The number of hydrogen-bond acceptors (Lipinski definition) is 2. The molecule has 0 radical (unpaired) electrons. The number of benzene rings is 1. The van der Waals surface area contributed by atoms with Gasteiger partial charge in [-0.2, -0.15) is 0 Å². The van der Waals surface area contributed by atoms with Crippen LogP contribution in [0.1, 0.15) is 12.2 Å². The number of aryl methyl sites for hydroxylation is 1. The highest BCUT2D eigenvalue weighted by Gasteiger charge is 2.11. The fourth-order valence-corrected chi connectivity index (χ4v) is 2.00. The molecule has 1 aromatic heterocycles. The third-order valence-corrected chi connectivity index (χ3v) is 2.84. The van der Waals surface area contributed by atoms with E-state index >= 15 is 0 Å². The number of halogens is 1. The van der Waals surface area contributed by atoms with Gasteiger partial charge in [0.25, 0.3) is 0 Å². The van der Waals surface area contributed by atoms with Gasteiger partial charge in [0.1, 0.15) is 5.82 Å². The number of aliphatic carboxylic acids is 1. The van der Waals surface area contributed by atoms with Crippen molar-refractivity contribution in [2.45, 2.75) is 19.4 Å². The summed E-state index contributed by atoms with van der Waals surface area (Å²) in [5, 5.41) is 9.31. The van der Waals surface area contributed by atoms with Gasteiger partial charge in [0.05, 0.1) is 24.0 Å². The van der Waals surface area contributed by atoms with Crippen molar-refractivity contribution >= 4 is 28.6 Å². The van der Waals surface area contributed by atoms with Crippen LogP contribution in [-0.2, 0) is 17.8 Å². The number of rotatable bonds is 4. The predicted molar refractivity (Wildman–Crippen MR) is 69.5 cm³/mol. The minimum Gasteiger partial charge on any atom is -0.481 e. The molecule has 5 heteroatoms. The first-order chi connectivity index (χ1) is 8.61. The fourth-order valence-electron chi connectivity index (χ4n) is 1.83. The summed E-state index contributed by atoms with van der Waals surface area (Å²) in [6.07, 6.45) is 5.70. The smallest absolute Gasteiger partial charge is 0.303 e. The van der Waals surface area contributed by atoms with Crippen LogP contribution >= 0.6 is 11.6 Å². The first-order valence-electron chi connectivity index (χ1n) is 5.41. The molecule has 0 aliphatic rings. The summed E-state index contributed by atoms with van der Waals surface area (Å²) in [6.45, 7) is 0.368. The minimum atomic E-state index is -0.854. The molecule has 0 saturated heterocycles. The molecule has 0 aliphatic carbocycles. The maximum absolute atomic E-state index is 10.6. The molecular weight excluding hydrogens is 252 g/mol. The number of aromatic nitrogens is 2. The lowest BCUT2D eigenvalue weighted by Gasteiger charge is -2.03. The van der Waals surface area contributed by atoms with Gasteiger partial charge in [-0.25, -0.2) is 4.98 Å². The summed E-state index contributed by atoms with van der Waals surface area (Å²) in [5.74, 6) is 2.37. The van der Waals surface area contributed by atoms with E-state index in [4.69, 9.17) is 23.1 Å². The van der Waals surface area contributed by atoms with Crippen molar-refractivity contribution in [2.24, 2.45) is 0 Å². The van der Waals surface area contributed by atoms with Crippen molar-refractivity contribution in [1.82, 2.24) is 9.55 Å². The van der Waals surface area contributed by atoms with E-state index in [2.05, 4.69) is 10.9 Å². The quantitative estimate of drug-likeness (QED) is 0.861. The molecule has 1 N–H and O–H groups in total. The number of carboxylic acid groups (broad SMARTS) is 1. The second kappa shape index (κ2) is 5.11. The van der Waals surface area contributed by atoms with Gasteiger partial charge in [-0.15, -0.1) is 6.42 Å². The molecule has 0 amide bonds. The van der Waals surface area contributed by atoms with Crippen LogP contribution in [0.2, 0.25) is 5.02 Å². The molecule has 18 heavy (non-hydrogen) atoms. The number of carbonyl (C=O) groups is 1. The lowest BCUT2D eigenvalue weighted by Crippen LogP contribution is -2.06. The van der Waals surface area contributed by atoms with E-state index in [1.165, 1.54) is 0 Å². The summed E-state index contributed by atoms with van der Waals surface area (Å²) < 4.78 is 1.84. The molecule has 2 rings (SSSR count). The average Bonchev–Trinajstić information content (AvgIpc) is 2.64. The Hall–Kier alpha value is -1.99. The lowest BCUT2D eigenvalue weighted by atomic mass is 10.3. The highest BCUT2D eigenvalue weighted by molar-refractivity contribution is 6.31. The van der Waals surface area contributed by atoms with E-state index in [0.717, 1.165) is 11.0 Å². The van der Waals surface area contributed by atoms with E-state index in [1.54, 1.807) is 12.1 Å². The molecule has 0 spiro atoms. The Morgan fingerprint density at radius 3 is 3.00 bits per heavy atom. The second-order valence-electron chi connectivity index (χ2n) is 3.85. The van der Waals surface area contributed by atoms with Crippen LogP contribution in [0.5, 0.6) is 0 Å². The molecule has 4 nitrogen and oxygen atoms in total. The van der Waals surface area contributed by atoms with Crippen molar-refractivity contribution in [2.75, 3.05) is 0 Å². The number of fused-ring (bicyclic) bond motifs is 1. The van der Waals surface area contributed by atoms with Crippen LogP contribution < -0.4 is 0 Å². The van der Waals surface area contributed by atoms with E-state index in [1.807, 2.05) is 10.6 Å². The fraction of sp³-hybridized carbons (Fsp3) is 0.231. The molecule has 0 fully saturated rings. The Bertz CT molecular complexity index is 640. The summed E-state index contributed by atoms with van der Waals surface area (Å²) in [4.78, 5) is 15.0. The zero-order valence-electron chi connectivity index (χ0n) is 9.56. The summed E-state index contributed by atoms with van der Waals surface area (Å²) in [6, 6.07) is 5.35. The number of hydrogen-bond donors (Lipinski definition) is 1. The minimum absolute atomic E-state index is 0.0294. The van der Waals surface area contributed by atoms with Crippen molar-refractivity contribution in [1.29, 1.82) is 0 Å². The molecule has 0 aliphatic heterocycles. The molecule has 92 valence electrons. The van der Waals surface area contributed by atoms with Gasteiger partial charge in [-0.05, 0) is 18.2 Å². The van der Waals surface area contributed by atoms with E-state index < -0.39 is 5.97 Å². The van der Waals surface area contributed by atoms with Crippen LogP contribution in [0.25, 0.3) is 11.0 Å². The second-order valence-corrected chi connectivity index (χ2v) is 4.28. The number of terminal acetylenes is 1. The molecular formula is C13H11ClN2O2. The van der Waals surface area contributed by atoms with Crippen molar-refractivity contribution in [3.8, 4) is 12.3 Å². The van der Waals surface area contributed by atoms with Crippen LogP contribution in [0.4, 0.5) is 0 Å². The third kappa shape index (κ3) is 2.47. The Labute approximate surface area is 109 Å². The number of nitrogens with zero attached hydrogens (tertiary/aromatic N) is 2. The van der Waals surface area contributed by atoms with Gasteiger partial charge < -0.3 is 9.67 Å². The van der Waals surface area contributed by atoms with Crippen LogP contribution in [0.15, 0.2) is 18.2 Å². The number of imidazole rings is 1. The third-order valence-electron chi connectivity index (χ3n) is 2.60. The maximum atomic E-state index is 10.6. The normalized spacial score (nSPS) is 10.4. The van der Waals surface area contributed by atoms with E-state index in [0.29, 0.717) is 23.8 Å². The Balaban J connectivity index is 2.47. The van der Waals surface area contributed by atoms with Crippen molar-refractivity contribution in [3.63, 3.8) is 0 Å². The van der Waals surface area contributed by atoms with Crippen LogP contribution in [0.3, 0.4) is 0 Å². The average molecular weight is 263 g/mol. The van der Waals surface area contributed by atoms with E-state index in [-0.39, 0.29) is 6.42 Å².